The summed E-state index contributed by atoms with van der Waals surface area (Å²) in [5, 5.41) is 0. The average molecular weight is 257 g/mol. The van der Waals surface area contributed by atoms with Crippen molar-refractivity contribution in [2.75, 3.05) is 5.88 Å². The number of benzene rings is 2. The molecule has 0 heterocycles. The molecule has 3 atom stereocenters. The van der Waals surface area contributed by atoms with Gasteiger partial charge in [-0.2, -0.15) is 0 Å². The second-order valence-electron chi connectivity index (χ2n) is 5.09. The van der Waals surface area contributed by atoms with E-state index >= 15 is 0 Å². The Balaban J connectivity index is 1.77. The maximum absolute atomic E-state index is 6.19. The van der Waals surface area contributed by atoms with E-state index in [-0.39, 0.29) is 0 Å². The fraction of sp³-hybridized carbons (Fsp3) is 0.294. The van der Waals surface area contributed by atoms with E-state index in [1.807, 2.05) is 0 Å². The van der Waals surface area contributed by atoms with Crippen LogP contribution < -0.4 is 0 Å². The maximum atomic E-state index is 6.19. The highest BCUT2D eigenvalue weighted by molar-refractivity contribution is 6.18. The van der Waals surface area contributed by atoms with Crippen molar-refractivity contribution >= 4 is 11.6 Å². The summed E-state index contributed by atoms with van der Waals surface area (Å²) < 4.78 is 0. The predicted octanol–water partition coefficient (Wildman–Crippen LogP) is 4.81. The van der Waals surface area contributed by atoms with Gasteiger partial charge in [-0.1, -0.05) is 60.7 Å². The van der Waals surface area contributed by atoms with Gasteiger partial charge in [-0.25, -0.2) is 0 Å². The number of hydrogen-bond donors (Lipinski definition) is 0. The van der Waals surface area contributed by atoms with Crippen molar-refractivity contribution in [1.82, 2.24) is 0 Å². The molecule has 0 aromatic heterocycles. The zero-order chi connectivity index (χ0) is 12.4. The molecule has 2 aromatic carbocycles. The summed E-state index contributed by atoms with van der Waals surface area (Å²) in [6.45, 7) is 0. The molecule has 2 aromatic rings. The maximum Gasteiger partial charge on any atom is 0.0295 e. The molecule has 0 N–H and O–H groups in total. The molecule has 0 radical (unpaired) electrons. The van der Waals surface area contributed by atoms with Gasteiger partial charge in [0.05, 0.1) is 0 Å². The van der Waals surface area contributed by atoms with Gasteiger partial charge in [-0.15, -0.1) is 11.6 Å². The van der Waals surface area contributed by atoms with Crippen molar-refractivity contribution in [1.29, 1.82) is 0 Å². The van der Waals surface area contributed by atoms with Gasteiger partial charge in [-0.3, -0.25) is 0 Å². The Morgan fingerprint density at radius 2 is 1.56 bits per heavy atom. The van der Waals surface area contributed by atoms with Crippen LogP contribution in [0.4, 0.5) is 0 Å². The van der Waals surface area contributed by atoms with Crippen LogP contribution in [-0.2, 0) is 0 Å². The van der Waals surface area contributed by atoms with Crippen LogP contribution in [0.5, 0.6) is 0 Å². The summed E-state index contributed by atoms with van der Waals surface area (Å²) in [6.07, 6.45) is 1.27. The third-order valence-corrected chi connectivity index (χ3v) is 4.31. The van der Waals surface area contributed by atoms with Crippen molar-refractivity contribution in [2.45, 2.75) is 18.3 Å². The molecule has 1 aliphatic rings. The van der Waals surface area contributed by atoms with E-state index in [0.717, 1.165) is 5.88 Å². The third-order valence-electron chi connectivity index (χ3n) is 3.98. The minimum atomic E-state index is 0.498. The molecule has 1 aliphatic carbocycles. The molecule has 0 aliphatic heterocycles. The van der Waals surface area contributed by atoms with Crippen LogP contribution in [0.15, 0.2) is 60.7 Å². The lowest BCUT2D eigenvalue weighted by molar-refractivity contribution is 0.650. The highest BCUT2D eigenvalue weighted by Gasteiger charge is 2.43. The standard InChI is InChI=1S/C17H17Cl/c18-12-17(14-9-5-2-6-10-14)16-11-15(16)13-7-3-1-4-8-13/h1-10,15-17H,11-12H2. The molecule has 18 heavy (non-hydrogen) atoms. The van der Waals surface area contributed by atoms with Gasteiger partial charge >= 0.3 is 0 Å². The lowest BCUT2D eigenvalue weighted by atomic mass is 9.93. The number of halogens is 1. The minimum Gasteiger partial charge on any atom is -0.126 e. The number of rotatable bonds is 4. The van der Waals surface area contributed by atoms with Gasteiger partial charge in [0.1, 0.15) is 0 Å². The first-order chi connectivity index (χ1) is 8.90. The van der Waals surface area contributed by atoms with Gasteiger partial charge in [0.25, 0.3) is 0 Å². The van der Waals surface area contributed by atoms with Crippen molar-refractivity contribution in [3.8, 4) is 0 Å². The fourth-order valence-corrected chi connectivity index (χ4v) is 3.30. The molecule has 92 valence electrons. The monoisotopic (exact) mass is 256 g/mol. The van der Waals surface area contributed by atoms with E-state index in [0.29, 0.717) is 17.8 Å². The smallest absolute Gasteiger partial charge is 0.0295 e. The Labute approximate surface area is 114 Å². The highest BCUT2D eigenvalue weighted by atomic mass is 35.5. The van der Waals surface area contributed by atoms with Crippen LogP contribution in [0, 0.1) is 5.92 Å². The molecule has 3 rings (SSSR count). The van der Waals surface area contributed by atoms with Gasteiger partial charge in [0.15, 0.2) is 0 Å². The molecule has 0 saturated heterocycles. The summed E-state index contributed by atoms with van der Waals surface area (Å²) in [5.74, 6) is 2.64. The first-order valence-electron chi connectivity index (χ1n) is 6.56. The van der Waals surface area contributed by atoms with Gasteiger partial charge < -0.3 is 0 Å². The second kappa shape index (κ2) is 5.16. The minimum absolute atomic E-state index is 0.498. The van der Waals surface area contributed by atoms with E-state index in [2.05, 4.69) is 60.7 Å². The molecule has 0 amide bonds. The van der Waals surface area contributed by atoms with Crippen LogP contribution in [0.2, 0.25) is 0 Å². The topological polar surface area (TPSA) is 0 Å². The van der Waals surface area contributed by atoms with Gasteiger partial charge in [-0.05, 0) is 29.4 Å². The van der Waals surface area contributed by atoms with Crippen molar-refractivity contribution < 1.29 is 0 Å². The molecular formula is C17H17Cl. The first-order valence-corrected chi connectivity index (χ1v) is 7.09. The van der Waals surface area contributed by atoms with Crippen LogP contribution in [0.1, 0.15) is 29.4 Å². The van der Waals surface area contributed by atoms with E-state index < -0.39 is 0 Å². The molecular weight excluding hydrogens is 240 g/mol. The van der Waals surface area contributed by atoms with Crippen molar-refractivity contribution in [3.05, 3.63) is 71.8 Å². The quantitative estimate of drug-likeness (QED) is 0.689. The van der Waals surface area contributed by atoms with Crippen LogP contribution in [0.3, 0.4) is 0 Å². The first kappa shape index (κ1) is 11.8. The summed E-state index contributed by atoms with van der Waals surface area (Å²) in [4.78, 5) is 0. The second-order valence-corrected chi connectivity index (χ2v) is 5.40. The number of alkyl halides is 1. The van der Waals surface area contributed by atoms with E-state index in [1.165, 1.54) is 17.5 Å². The zero-order valence-corrected chi connectivity index (χ0v) is 11.1. The zero-order valence-electron chi connectivity index (χ0n) is 10.3. The number of hydrogen-bond acceptors (Lipinski definition) is 0. The van der Waals surface area contributed by atoms with Crippen LogP contribution in [-0.4, -0.2) is 5.88 Å². The molecule has 0 spiro atoms. The highest BCUT2D eigenvalue weighted by Crippen LogP contribution is 2.55. The summed E-state index contributed by atoms with van der Waals surface area (Å²) in [7, 11) is 0. The SMILES string of the molecule is ClCC(c1ccccc1)C1CC1c1ccccc1. The van der Waals surface area contributed by atoms with E-state index in [9.17, 15) is 0 Å². The Morgan fingerprint density at radius 3 is 2.17 bits per heavy atom. The largest absolute Gasteiger partial charge is 0.126 e. The van der Waals surface area contributed by atoms with Crippen molar-refractivity contribution in [3.63, 3.8) is 0 Å². The Hall–Kier alpha value is -1.27. The Kier molecular flexibility index (Phi) is 3.38. The molecule has 0 bridgehead atoms. The normalized spacial score (nSPS) is 23.6. The fourth-order valence-electron chi connectivity index (χ4n) is 2.89. The summed E-state index contributed by atoms with van der Waals surface area (Å²) in [5.41, 5.74) is 2.85. The molecule has 0 nitrogen and oxygen atoms in total. The van der Waals surface area contributed by atoms with E-state index in [1.54, 1.807) is 0 Å². The lowest BCUT2D eigenvalue weighted by Crippen LogP contribution is -2.04. The van der Waals surface area contributed by atoms with Crippen LogP contribution >= 0.6 is 11.6 Å². The summed E-state index contributed by atoms with van der Waals surface area (Å²) in [6, 6.07) is 21.5. The molecule has 3 unspecified atom stereocenters. The van der Waals surface area contributed by atoms with Gasteiger partial charge in [0.2, 0.25) is 0 Å². The Bertz CT molecular complexity index is 492. The van der Waals surface area contributed by atoms with E-state index in [4.69, 9.17) is 11.6 Å². The average Bonchev–Trinajstić information content (AvgIpc) is 3.22. The Morgan fingerprint density at radius 1 is 0.944 bits per heavy atom. The third kappa shape index (κ3) is 2.30. The van der Waals surface area contributed by atoms with Crippen molar-refractivity contribution in [2.24, 2.45) is 5.92 Å². The lowest BCUT2D eigenvalue weighted by Gasteiger charge is -2.14. The molecule has 1 heteroatoms. The van der Waals surface area contributed by atoms with Gasteiger partial charge in [0, 0.05) is 11.8 Å². The molecule has 1 saturated carbocycles. The summed E-state index contributed by atoms with van der Waals surface area (Å²) >= 11 is 6.19. The van der Waals surface area contributed by atoms with Crippen LogP contribution in [0.25, 0.3) is 0 Å². The molecule has 1 fully saturated rings. The predicted molar refractivity (Wildman–Crippen MR) is 77.2 cm³/mol.